The Bertz CT molecular complexity index is 348. The summed E-state index contributed by atoms with van der Waals surface area (Å²) in [4.78, 5) is 13.7. The highest BCUT2D eigenvalue weighted by molar-refractivity contribution is 5.75. The first kappa shape index (κ1) is 23.9. The molecular formula is C22H42N2O. The first-order chi connectivity index (χ1) is 12.2. The number of carbonyl (C=O) groups is 1. The standard InChI is InChI=1S/C22H42N2O/c1-4-5-6-7-8-9-10-11-12-13-14-15-16-17-18-19-22(25)23-20-21-24(2)3/h8-9,11-12H,4-7,10,13-21H2,1-3H3,(H,23,25)/b9-8-,12-11-. The number of hydrogen-bond donors (Lipinski definition) is 1. The Kier molecular flexibility index (Phi) is 18.4. The van der Waals surface area contributed by atoms with E-state index >= 15 is 0 Å². The molecular weight excluding hydrogens is 308 g/mol. The topological polar surface area (TPSA) is 32.3 Å². The summed E-state index contributed by atoms with van der Waals surface area (Å²) < 4.78 is 0. The van der Waals surface area contributed by atoms with E-state index in [0.29, 0.717) is 6.42 Å². The number of hydrogen-bond acceptors (Lipinski definition) is 2. The van der Waals surface area contributed by atoms with Crippen LogP contribution < -0.4 is 5.32 Å². The Balaban J connectivity index is 3.27. The van der Waals surface area contributed by atoms with Gasteiger partial charge in [0, 0.05) is 19.5 Å². The molecule has 0 rings (SSSR count). The normalized spacial score (nSPS) is 11.8. The maximum absolute atomic E-state index is 11.6. The zero-order chi connectivity index (χ0) is 18.6. The molecule has 0 radical (unpaired) electrons. The molecule has 146 valence electrons. The van der Waals surface area contributed by atoms with Crippen LogP contribution in [0.4, 0.5) is 0 Å². The summed E-state index contributed by atoms with van der Waals surface area (Å²) in [5.74, 6) is 0.201. The highest BCUT2D eigenvalue weighted by Crippen LogP contribution is 2.08. The summed E-state index contributed by atoms with van der Waals surface area (Å²) in [5.41, 5.74) is 0. The van der Waals surface area contributed by atoms with E-state index in [9.17, 15) is 4.79 Å². The lowest BCUT2D eigenvalue weighted by atomic mass is 10.1. The maximum Gasteiger partial charge on any atom is 0.220 e. The van der Waals surface area contributed by atoms with Crippen molar-refractivity contribution in [2.45, 2.75) is 84.0 Å². The maximum atomic E-state index is 11.6. The molecule has 0 heterocycles. The van der Waals surface area contributed by atoms with Gasteiger partial charge < -0.3 is 10.2 Å². The number of nitrogens with one attached hydrogen (secondary N) is 1. The van der Waals surface area contributed by atoms with Crippen molar-refractivity contribution in [3.63, 3.8) is 0 Å². The molecule has 1 amide bonds. The molecule has 0 saturated heterocycles. The smallest absolute Gasteiger partial charge is 0.220 e. The molecule has 0 aliphatic carbocycles. The number of allylic oxidation sites excluding steroid dienone is 4. The van der Waals surface area contributed by atoms with E-state index in [2.05, 4.69) is 41.4 Å². The van der Waals surface area contributed by atoms with Crippen LogP contribution in [0.15, 0.2) is 24.3 Å². The fourth-order valence-corrected chi connectivity index (χ4v) is 2.60. The Morgan fingerprint density at radius 3 is 2.08 bits per heavy atom. The van der Waals surface area contributed by atoms with E-state index in [1.165, 1.54) is 57.8 Å². The SMILES string of the molecule is CCCCC/C=C\C/C=C\CCCCCCCC(=O)NCCN(C)C. The minimum atomic E-state index is 0.201. The fourth-order valence-electron chi connectivity index (χ4n) is 2.60. The van der Waals surface area contributed by atoms with Crippen molar-refractivity contribution < 1.29 is 4.79 Å². The van der Waals surface area contributed by atoms with Gasteiger partial charge >= 0.3 is 0 Å². The molecule has 0 atom stereocenters. The van der Waals surface area contributed by atoms with Crippen LogP contribution in [0.1, 0.15) is 84.0 Å². The van der Waals surface area contributed by atoms with Gasteiger partial charge in [-0.05, 0) is 52.6 Å². The zero-order valence-corrected chi connectivity index (χ0v) is 17.1. The third-order valence-corrected chi connectivity index (χ3v) is 4.24. The average molecular weight is 351 g/mol. The molecule has 0 aromatic carbocycles. The predicted molar refractivity (Wildman–Crippen MR) is 111 cm³/mol. The number of unbranched alkanes of at least 4 members (excludes halogenated alkanes) is 8. The highest BCUT2D eigenvalue weighted by Gasteiger charge is 2.00. The Morgan fingerprint density at radius 1 is 0.840 bits per heavy atom. The van der Waals surface area contributed by atoms with E-state index in [4.69, 9.17) is 0 Å². The van der Waals surface area contributed by atoms with Gasteiger partial charge in [-0.15, -0.1) is 0 Å². The van der Waals surface area contributed by atoms with E-state index < -0.39 is 0 Å². The van der Waals surface area contributed by atoms with Gasteiger partial charge in [-0.25, -0.2) is 0 Å². The molecule has 25 heavy (non-hydrogen) atoms. The quantitative estimate of drug-likeness (QED) is 0.278. The van der Waals surface area contributed by atoms with Gasteiger partial charge in [-0.2, -0.15) is 0 Å². The molecule has 3 heteroatoms. The molecule has 0 aliphatic rings. The van der Waals surface area contributed by atoms with Crippen molar-refractivity contribution in [2.24, 2.45) is 0 Å². The van der Waals surface area contributed by atoms with Crippen LogP contribution in [0.25, 0.3) is 0 Å². The summed E-state index contributed by atoms with van der Waals surface area (Å²) in [6.45, 7) is 3.91. The van der Waals surface area contributed by atoms with E-state index in [-0.39, 0.29) is 5.91 Å². The minimum absolute atomic E-state index is 0.201. The average Bonchev–Trinajstić information content (AvgIpc) is 2.58. The number of rotatable bonds is 17. The second-order valence-electron chi connectivity index (χ2n) is 7.13. The summed E-state index contributed by atoms with van der Waals surface area (Å²) in [7, 11) is 4.04. The molecule has 0 saturated carbocycles. The second kappa shape index (κ2) is 19.2. The molecule has 0 bridgehead atoms. The summed E-state index contributed by atoms with van der Waals surface area (Å²) >= 11 is 0. The molecule has 0 spiro atoms. The number of likely N-dealkylation sites (N-methyl/N-ethyl adjacent to an activating group) is 1. The molecule has 0 unspecified atom stereocenters. The highest BCUT2D eigenvalue weighted by atomic mass is 16.1. The molecule has 0 aromatic rings. The van der Waals surface area contributed by atoms with Crippen LogP contribution in [0.3, 0.4) is 0 Å². The Hall–Kier alpha value is -1.09. The van der Waals surface area contributed by atoms with Crippen LogP contribution in [0.5, 0.6) is 0 Å². The van der Waals surface area contributed by atoms with Crippen LogP contribution in [0.2, 0.25) is 0 Å². The molecule has 0 aromatic heterocycles. The summed E-state index contributed by atoms with van der Waals surface area (Å²) in [6, 6.07) is 0. The largest absolute Gasteiger partial charge is 0.355 e. The van der Waals surface area contributed by atoms with Crippen LogP contribution in [-0.2, 0) is 4.79 Å². The number of carbonyl (C=O) groups excluding carboxylic acids is 1. The van der Waals surface area contributed by atoms with Crippen LogP contribution >= 0.6 is 0 Å². The van der Waals surface area contributed by atoms with Crippen molar-refractivity contribution in [2.75, 3.05) is 27.2 Å². The predicted octanol–water partition coefficient (Wildman–Crippen LogP) is 5.48. The fraction of sp³-hybridized carbons (Fsp3) is 0.773. The third kappa shape index (κ3) is 20.9. The Labute approximate surface area is 156 Å². The number of nitrogens with zero attached hydrogens (tertiary/aromatic N) is 1. The lowest BCUT2D eigenvalue weighted by molar-refractivity contribution is -0.121. The zero-order valence-electron chi connectivity index (χ0n) is 17.1. The van der Waals surface area contributed by atoms with E-state index in [1.54, 1.807) is 0 Å². The second-order valence-corrected chi connectivity index (χ2v) is 7.13. The first-order valence-electron chi connectivity index (χ1n) is 10.4. The molecule has 0 aliphatic heterocycles. The van der Waals surface area contributed by atoms with Gasteiger partial charge in [-0.1, -0.05) is 63.3 Å². The monoisotopic (exact) mass is 350 g/mol. The van der Waals surface area contributed by atoms with Crippen LogP contribution in [-0.4, -0.2) is 38.0 Å². The molecule has 1 N–H and O–H groups in total. The van der Waals surface area contributed by atoms with Gasteiger partial charge in [0.25, 0.3) is 0 Å². The number of amides is 1. The van der Waals surface area contributed by atoms with E-state index in [1.807, 2.05) is 14.1 Å². The van der Waals surface area contributed by atoms with Crippen molar-refractivity contribution in [1.82, 2.24) is 10.2 Å². The molecule has 0 fully saturated rings. The van der Waals surface area contributed by atoms with Crippen molar-refractivity contribution in [3.8, 4) is 0 Å². The van der Waals surface area contributed by atoms with Crippen molar-refractivity contribution >= 4 is 5.91 Å². The third-order valence-electron chi connectivity index (χ3n) is 4.24. The summed E-state index contributed by atoms with van der Waals surface area (Å²) in [6.07, 6.45) is 23.3. The first-order valence-corrected chi connectivity index (χ1v) is 10.4. The van der Waals surface area contributed by atoms with Gasteiger partial charge in [-0.3, -0.25) is 4.79 Å². The molecule has 3 nitrogen and oxygen atoms in total. The van der Waals surface area contributed by atoms with E-state index in [0.717, 1.165) is 25.9 Å². The minimum Gasteiger partial charge on any atom is -0.355 e. The van der Waals surface area contributed by atoms with Gasteiger partial charge in [0.2, 0.25) is 5.91 Å². The lowest BCUT2D eigenvalue weighted by Gasteiger charge is -2.10. The lowest BCUT2D eigenvalue weighted by Crippen LogP contribution is -2.31. The van der Waals surface area contributed by atoms with Crippen molar-refractivity contribution in [3.05, 3.63) is 24.3 Å². The summed E-state index contributed by atoms with van der Waals surface area (Å²) in [5, 5.41) is 2.97. The van der Waals surface area contributed by atoms with Crippen LogP contribution in [0, 0.1) is 0 Å². The van der Waals surface area contributed by atoms with Gasteiger partial charge in [0.05, 0.1) is 0 Å². The Morgan fingerprint density at radius 2 is 1.44 bits per heavy atom. The van der Waals surface area contributed by atoms with Gasteiger partial charge in [0.1, 0.15) is 0 Å². The van der Waals surface area contributed by atoms with Crippen molar-refractivity contribution in [1.29, 1.82) is 0 Å². The van der Waals surface area contributed by atoms with Gasteiger partial charge in [0.15, 0.2) is 0 Å².